The summed E-state index contributed by atoms with van der Waals surface area (Å²) in [6.07, 6.45) is 3.05. The maximum atomic E-state index is 14.5. The molecule has 1 unspecified atom stereocenters. The van der Waals surface area contributed by atoms with Crippen LogP contribution >= 0.6 is 11.8 Å². The summed E-state index contributed by atoms with van der Waals surface area (Å²) < 4.78 is 77.8. The molecule has 1 aromatic heterocycles. The molecule has 7 nitrogen and oxygen atoms in total. The molecule has 1 atom stereocenters. The maximum absolute atomic E-state index is 14.5. The number of para-hydroxylation sites is 1. The van der Waals surface area contributed by atoms with Gasteiger partial charge in [-0.25, -0.2) is 22.0 Å². The highest BCUT2D eigenvalue weighted by Gasteiger charge is 2.27. The predicted molar refractivity (Wildman–Crippen MR) is 180 cm³/mol. The van der Waals surface area contributed by atoms with Crippen molar-refractivity contribution >= 4 is 17.7 Å². The SMILES string of the molecule is COc1ccc(CC(CCCCNC(=O)c2ccccc2O)c2nnc(SCc3c(F)c(F)c(F)c(F)c3F)n2CCc2ccccc2)cc1. The normalized spacial score (nSPS) is 11.8. The number of carbonyl (C=O) groups excluding carboxylic acids is 1. The number of aryl methyl sites for hydroxylation is 1. The van der Waals surface area contributed by atoms with Crippen LogP contribution < -0.4 is 10.1 Å². The number of halogens is 5. The quantitative estimate of drug-likeness (QED) is 0.0354. The summed E-state index contributed by atoms with van der Waals surface area (Å²) in [5.74, 6) is -9.89. The highest BCUT2D eigenvalue weighted by Crippen LogP contribution is 2.33. The summed E-state index contributed by atoms with van der Waals surface area (Å²) in [6.45, 7) is 0.758. The number of amides is 1. The number of aromatic hydroxyl groups is 1. The van der Waals surface area contributed by atoms with Gasteiger partial charge in [0.25, 0.3) is 5.91 Å². The molecule has 262 valence electrons. The molecule has 0 fully saturated rings. The Hall–Kier alpha value is -4.91. The third-order valence-corrected chi connectivity index (χ3v) is 9.27. The van der Waals surface area contributed by atoms with E-state index in [0.717, 1.165) is 22.9 Å². The highest BCUT2D eigenvalue weighted by atomic mass is 32.2. The average molecular weight is 711 g/mol. The number of hydrogen-bond acceptors (Lipinski definition) is 6. The number of benzene rings is 4. The molecule has 1 heterocycles. The smallest absolute Gasteiger partial charge is 0.255 e. The molecule has 4 aromatic carbocycles. The van der Waals surface area contributed by atoms with Crippen LogP contribution in [0.3, 0.4) is 0 Å². The topological polar surface area (TPSA) is 89.3 Å². The van der Waals surface area contributed by atoms with E-state index < -0.39 is 40.4 Å². The second-order valence-electron chi connectivity index (χ2n) is 11.6. The van der Waals surface area contributed by atoms with Gasteiger partial charge < -0.3 is 19.7 Å². The second kappa shape index (κ2) is 17.1. The van der Waals surface area contributed by atoms with Crippen LogP contribution in [-0.4, -0.2) is 39.4 Å². The van der Waals surface area contributed by atoms with E-state index in [4.69, 9.17) is 4.74 Å². The van der Waals surface area contributed by atoms with Gasteiger partial charge in [0.05, 0.1) is 12.7 Å². The van der Waals surface area contributed by atoms with Crippen LogP contribution in [-0.2, 0) is 25.1 Å². The number of aromatic nitrogens is 3. The Labute approximate surface area is 290 Å². The minimum Gasteiger partial charge on any atom is -0.507 e. The summed E-state index contributed by atoms with van der Waals surface area (Å²) >= 11 is 0.840. The monoisotopic (exact) mass is 710 g/mol. The summed E-state index contributed by atoms with van der Waals surface area (Å²) in [5, 5.41) is 22.0. The Bertz CT molecular complexity index is 1880. The number of unbranched alkanes of at least 4 members (excludes halogenated alkanes) is 1. The Kier molecular flexibility index (Phi) is 12.5. The lowest BCUT2D eigenvalue weighted by molar-refractivity contribution is 0.0950. The van der Waals surface area contributed by atoms with E-state index in [2.05, 4.69) is 15.5 Å². The zero-order valence-corrected chi connectivity index (χ0v) is 28.0. The lowest BCUT2D eigenvalue weighted by Crippen LogP contribution is -2.24. The lowest BCUT2D eigenvalue weighted by Gasteiger charge is -2.19. The van der Waals surface area contributed by atoms with E-state index in [0.29, 0.717) is 56.8 Å². The molecule has 5 rings (SSSR count). The summed E-state index contributed by atoms with van der Waals surface area (Å²) in [5.41, 5.74) is 1.27. The standard InChI is InChI=1S/C37H35F5N4O3S/c1-49-26-16-14-24(15-17-26)21-25(11-7-8-19-43-36(48)27-12-5-6-13-29(27)47)35-44-45-37(46(35)20-18-23-9-3-2-4-10-23)50-22-28-30(38)32(40)34(42)33(41)31(28)39/h2-6,9-10,12-17,25,47H,7-8,11,18-22H2,1H3,(H,43,48). The predicted octanol–water partition coefficient (Wildman–Crippen LogP) is 8.15. The van der Waals surface area contributed by atoms with Crippen molar-refractivity contribution in [2.24, 2.45) is 0 Å². The second-order valence-corrected chi connectivity index (χ2v) is 12.5. The molecule has 1 amide bonds. The maximum Gasteiger partial charge on any atom is 0.255 e. The summed E-state index contributed by atoms with van der Waals surface area (Å²) in [6, 6.07) is 23.5. The van der Waals surface area contributed by atoms with Gasteiger partial charge in [0.1, 0.15) is 17.3 Å². The molecule has 0 saturated heterocycles. The Balaban J connectivity index is 1.39. The van der Waals surface area contributed by atoms with Crippen molar-refractivity contribution in [2.45, 2.75) is 55.5 Å². The molecule has 0 radical (unpaired) electrons. The molecule has 0 aliphatic heterocycles. The summed E-state index contributed by atoms with van der Waals surface area (Å²) in [4.78, 5) is 12.6. The molecule has 13 heteroatoms. The van der Waals surface area contributed by atoms with Crippen LogP contribution in [0.2, 0.25) is 0 Å². The van der Waals surface area contributed by atoms with E-state index >= 15 is 0 Å². The van der Waals surface area contributed by atoms with Gasteiger partial charge in [-0.15, -0.1) is 10.2 Å². The molecule has 0 bridgehead atoms. The van der Waals surface area contributed by atoms with Crippen LogP contribution in [0.5, 0.6) is 11.5 Å². The molecule has 0 aliphatic carbocycles. The zero-order chi connectivity index (χ0) is 35.6. The average Bonchev–Trinajstić information content (AvgIpc) is 3.54. The number of phenols is 1. The molecule has 0 spiro atoms. The third kappa shape index (κ3) is 8.81. The number of nitrogens with one attached hydrogen (secondary N) is 1. The van der Waals surface area contributed by atoms with E-state index in [9.17, 15) is 31.9 Å². The fraction of sp³-hybridized carbons (Fsp3) is 0.270. The van der Waals surface area contributed by atoms with Gasteiger partial charge in [-0.05, 0) is 61.1 Å². The van der Waals surface area contributed by atoms with Crippen molar-refractivity contribution in [1.29, 1.82) is 0 Å². The minimum absolute atomic E-state index is 0.103. The van der Waals surface area contributed by atoms with Crippen LogP contribution in [0.25, 0.3) is 0 Å². The van der Waals surface area contributed by atoms with Gasteiger partial charge in [-0.2, -0.15) is 0 Å². The first-order valence-electron chi connectivity index (χ1n) is 16.0. The first kappa shape index (κ1) is 36.4. The molecule has 0 saturated carbocycles. The molecule has 0 aliphatic rings. The van der Waals surface area contributed by atoms with Crippen molar-refractivity contribution in [2.75, 3.05) is 13.7 Å². The lowest BCUT2D eigenvalue weighted by atomic mass is 9.93. The number of methoxy groups -OCH3 is 1. The molecular weight excluding hydrogens is 675 g/mol. The Morgan fingerprint density at radius 2 is 1.50 bits per heavy atom. The van der Waals surface area contributed by atoms with Crippen LogP contribution in [0, 0.1) is 29.1 Å². The van der Waals surface area contributed by atoms with Crippen molar-refractivity contribution < 1.29 is 36.6 Å². The van der Waals surface area contributed by atoms with Crippen LogP contribution in [0.15, 0.2) is 84.0 Å². The van der Waals surface area contributed by atoms with E-state index in [1.807, 2.05) is 59.2 Å². The number of nitrogens with zero attached hydrogens (tertiary/aromatic N) is 3. The fourth-order valence-electron chi connectivity index (χ4n) is 5.57. The van der Waals surface area contributed by atoms with Gasteiger partial charge in [0, 0.05) is 30.3 Å². The third-order valence-electron chi connectivity index (χ3n) is 8.28. The number of ether oxygens (including phenoxy) is 1. The fourth-order valence-corrected chi connectivity index (χ4v) is 6.53. The Morgan fingerprint density at radius 1 is 0.840 bits per heavy atom. The van der Waals surface area contributed by atoms with E-state index in [1.165, 1.54) is 6.07 Å². The number of hydrogen-bond donors (Lipinski definition) is 2. The molecule has 50 heavy (non-hydrogen) atoms. The number of phenolic OH excluding ortho intramolecular Hbond substituents is 1. The first-order chi connectivity index (χ1) is 24.2. The largest absolute Gasteiger partial charge is 0.507 e. The number of rotatable bonds is 16. The van der Waals surface area contributed by atoms with Gasteiger partial charge in [-0.1, -0.05) is 72.8 Å². The number of carbonyl (C=O) groups is 1. The van der Waals surface area contributed by atoms with E-state index in [-0.39, 0.29) is 28.3 Å². The van der Waals surface area contributed by atoms with Crippen molar-refractivity contribution in [3.63, 3.8) is 0 Å². The molecule has 2 N–H and O–H groups in total. The molecule has 5 aromatic rings. The zero-order valence-electron chi connectivity index (χ0n) is 27.1. The highest BCUT2D eigenvalue weighted by molar-refractivity contribution is 7.98. The van der Waals surface area contributed by atoms with Gasteiger partial charge in [-0.3, -0.25) is 4.79 Å². The van der Waals surface area contributed by atoms with Crippen LogP contribution in [0.4, 0.5) is 22.0 Å². The van der Waals surface area contributed by atoms with Crippen molar-refractivity contribution in [3.05, 3.63) is 136 Å². The van der Waals surface area contributed by atoms with Crippen molar-refractivity contribution in [1.82, 2.24) is 20.1 Å². The van der Waals surface area contributed by atoms with Gasteiger partial charge in [0.15, 0.2) is 28.4 Å². The first-order valence-corrected chi connectivity index (χ1v) is 17.0. The minimum atomic E-state index is -2.21. The van der Waals surface area contributed by atoms with Crippen LogP contribution in [0.1, 0.15) is 58.1 Å². The summed E-state index contributed by atoms with van der Waals surface area (Å²) in [7, 11) is 1.58. The Morgan fingerprint density at radius 3 is 2.18 bits per heavy atom. The van der Waals surface area contributed by atoms with Crippen molar-refractivity contribution in [3.8, 4) is 11.5 Å². The molecular formula is C37H35F5N4O3S. The van der Waals surface area contributed by atoms with Gasteiger partial charge in [0.2, 0.25) is 5.82 Å². The number of thioether (sulfide) groups is 1. The van der Waals surface area contributed by atoms with E-state index in [1.54, 1.807) is 25.3 Å². The van der Waals surface area contributed by atoms with Gasteiger partial charge >= 0.3 is 0 Å².